The van der Waals surface area contributed by atoms with Gasteiger partial charge in [0.25, 0.3) is 0 Å². The summed E-state index contributed by atoms with van der Waals surface area (Å²) in [4.78, 5) is 14.7. The first kappa shape index (κ1) is 23.1. The number of phenolic OH excluding ortho intramolecular Hbond substituents is 1. The first-order valence-corrected chi connectivity index (χ1v) is 10.4. The number of carbonyl (C=O) groups is 1. The standard InChI is InChI=1S/C22H25NO4S.ClH/c1-4-26-22(25)21-19(14-28-13-15-8-6-5-7-9-15)27-18-11-10-17(24)16(20(18)21)12-23(2)3;/h5-11,24H,4,12-14H2,1-3H3;1H/p-1. The van der Waals surface area contributed by atoms with Gasteiger partial charge in [0, 0.05) is 23.2 Å². The molecule has 1 heterocycles. The monoisotopic (exact) mass is 434 g/mol. The SMILES string of the molecule is CCOC(=O)c1c(CSCc2ccccc2)oc2ccc(O)c(CN(C)C)c12.[Cl-]. The quantitative estimate of drug-likeness (QED) is 0.546. The van der Waals surface area contributed by atoms with Crippen molar-refractivity contribution in [2.45, 2.75) is 25.0 Å². The zero-order chi connectivity index (χ0) is 20.1. The number of furan rings is 1. The number of fused-ring (bicyclic) bond motifs is 1. The lowest BCUT2D eigenvalue weighted by Crippen LogP contribution is -3.00. The molecule has 1 aromatic heterocycles. The maximum atomic E-state index is 12.7. The number of phenols is 1. The molecule has 2 aromatic carbocycles. The summed E-state index contributed by atoms with van der Waals surface area (Å²) in [5.41, 5.74) is 2.90. The van der Waals surface area contributed by atoms with Crippen LogP contribution in [-0.4, -0.2) is 36.7 Å². The molecule has 7 heteroatoms. The summed E-state index contributed by atoms with van der Waals surface area (Å²) in [6.45, 7) is 2.55. The van der Waals surface area contributed by atoms with Crippen LogP contribution in [0.15, 0.2) is 46.9 Å². The van der Waals surface area contributed by atoms with Gasteiger partial charge in [0.15, 0.2) is 0 Å². The lowest BCUT2D eigenvalue weighted by atomic mass is 10.0. The van der Waals surface area contributed by atoms with Crippen LogP contribution in [-0.2, 0) is 22.8 Å². The van der Waals surface area contributed by atoms with Gasteiger partial charge in [0.2, 0.25) is 0 Å². The number of nitrogens with zero attached hydrogens (tertiary/aromatic N) is 1. The number of ether oxygens (including phenoxy) is 1. The van der Waals surface area contributed by atoms with E-state index in [1.807, 2.05) is 37.2 Å². The summed E-state index contributed by atoms with van der Waals surface area (Å²) in [5, 5.41) is 11.0. The lowest BCUT2D eigenvalue weighted by molar-refractivity contribution is -0.0000260. The predicted molar refractivity (Wildman–Crippen MR) is 113 cm³/mol. The molecule has 0 amide bonds. The van der Waals surface area contributed by atoms with Gasteiger partial charge in [0.1, 0.15) is 22.7 Å². The molecule has 0 bridgehead atoms. The van der Waals surface area contributed by atoms with Gasteiger partial charge in [-0.3, -0.25) is 0 Å². The van der Waals surface area contributed by atoms with Gasteiger partial charge in [-0.05, 0) is 38.7 Å². The number of esters is 1. The molecule has 0 saturated heterocycles. The van der Waals surface area contributed by atoms with Crippen LogP contribution in [0.25, 0.3) is 11.0 Å². The second kappa shape index (κ2) is 10.6. The van der Waals surface area contributed by atoms with Crippen LogP contribution in [0.3, 0.4) is 0 Å². The fourth-order valence-electron chi connectivity index (χ4n) is 3.13. The fourth-order valence-corrected chi connectivity index (χ4v) is 4.05. The molecule has 3 aromatic rings. The van der Waals surface area contributed by atoms with E-state index >= 15 is 0 Å². The number of hydrogen-bond donors (Lipinski definition) is 1. The summed E-state index contributed by atoms with van der Waals surface area (Å²) < 4.78 is 11.3. The van der Waals surface area contributed by atoms with Gasteiger partial charge in [-0.1, -0.05) is 30.3 Å². The number of thioether (sulfide) groups is 1. The summed E-state index contributed by atoms with van der Waals surface area (Å²) >= 11 is 1.67. The van der Waals surface area contributed by atoms with Gasteiger partial charge < -0.3 is 31.6 Å². The van der Waals surface area contributed by atoms with Crippen LogP contribution in [0.1, 0.15) is 34.2 Å². The van der Waals surface area contributed by atoms with E-state index in [2.05, 4.69) is 12.1 Å². The van der Waals surface area contributed by atoms with Crippen LogP contribution >= 0.6 is 11.8 Å². The summed E-state index contributed by atoms with van der Waals surface area (Å²) in [7, 11) is 3.83. The van der Waals surface area contributed by atoms with E-state index in [-0.39, 0.29) is 24.8 Å². The van der Waals surface area contributed by atoms with E-state index in [0.29, 0.717) is 40.2 Å². The van der Waals surface area contributed by atoms with Crippen molar-refractivity contribution in [2.24, 2.45) is 0 Å². The zero-order valence-corrected chi connectivity index (χ0v) is 18.3. The molecule has 0 spiro atoms. The van der Waals surface area contributed by atoms with E-state index in [9.17, 15) is 9.90 Å². The Hall–Kier alpha value is -2.15. The summed E-state index contributed by atoms with van der Waals surface area (Å²) in [5.74, 6) is 1.67. The molecule has 29 heavy (non-hydrogen) atoms. The maximum Gasteiger partial charge on any atom is 0.342 e. The minimum absolute atomic E-state index is 0. The van der Waals surface area contributed by atoms with Crippen LogP contribution < -0.4 is 12.4 Å². The van der Waals surface area contributed by atoms with Crippen molar-refractivity contribution in [3.8, 4) is 5.75 Å². The van der Waals surface area contributed by atoms with E-state index < -0.39 is 5.97 Å². The molecule has 0 unspecified atom stereocenters. The van der Waals surface area contributed by atoms with Crippen molar-refractivity contribution < 1.29 is 31.5 Å². The molecule has 0 fully saturated rings. The van der Waals surface area contributed by atoms with Crippen LogP contribution in [0.4, 0.5) is 0 Å². The Morgan fingerprint density at radius 1 is 1.14 bits per heavy atom. The average Bonchev–Trinajstić information content (AvgIpc) is 3.04. The highest BCUT2D eigenvalue weighted by Crippen LogP contribution is 2.36. The molecule has 1 N–H and O–H groups in total. The molecule has 0 radical (unpaired) electrons. The molecule has 0 atom stereocenters. The number of aromatic hydroxyl groups is 1. The Morgan fingerprint density at radius 2 is 1.86 bits per heavy atom. The number of rotatable bonds is 8. The summed E-state index contributed by atoms with van der Waals surface area (Å²) in [6.07, 6.45) is 0. The normalized spacial score (nSPS) is 10.9. The number of halogens is 1. The molecule has 0 aliphatic rings. The minimum Gasteiger partial charge on any atom is -1.00 e. The second-order valence-electron chi connectivity index (χ2n) is 6.77. The number of hydrogen-bond acceptors (Lipinski definition) is 6. The van der Waals surface area contributed by atoms with Crippen LogP contribution in [0.5, 0.6) is 5.75 Å². The molecule has 3 rings (SSSR count). The maximum absolute atomic E-state index is 12.7. The van der Waals surface area contributed by atoms with Gasteiger partial charge >= 0.3 is 5.97 Å². The average molecular weight is 435 g/mol. The van der Waals surface area contributed by atoms with Crippen molar-refractivity contribution in [3.05, 3.63) is 64.9 Å². The third-order valence-electron chi connectivity index (χ3n) is 4.31. The highest BCUT2D eigenvalue weighted by Gasteiger charge is 2.25. The van der Waals surface area contributed by atoms with Crippen molar-refractivity contribution in [2.75, 3.05) is 20.7 Å². The highest BCUT2D eigenvalue weighted by molar-refractivity contribution is 7.97. The fraction of sp³-hybridized carbons (Fsp3) is 0.318. The first-order chi connectivity index (χ1) is 13.5. The smallest absolute Gasteiger partial charge is 0.342 e. The Bertz CT molecular complexity index is 956. The van der Waals surface area contributed by atoms with Gasteiger partial charge in [-0.15, -0.1) is 11.8 Å². The van der Waals surface area contributed by atoms with E-state index in [0.717, 1.165) is 5.75 Å². The molecule has 0 aliphatic carbocycles. The largest absolute Gasteiger partial charge is 1.00 e. The predicted octanol–water partition coefficient (Wildman–Crippen LogP) is 1.81. The van der Waals surface area contributed by atoms with Crippen molar-refractivity contribution in [1.82, 2.24) is 4.90 Å². The zero-order valence-electron chi connectivity index (χ0n) is 16.8. The Balaban J connectivity index is 0.00000300. The molecular weight excluding hydrogens is 410 g/mol. The van der Waals surface area contributed by atoms with Gasteiger partial charge in [-0.2, -0.15) is 0 Å². The summed E-state index contributed by atoms with van der Waals surface area (Å²) in [6, 6.07) is 13.5. The molecule has 0 saturated carbocycles. The Kier molecular flexibility index (Phi) is 8.44. The Labute approximate surface area is 181 Å². The van der Waals surface area contributed by atoms with Crippen LogP contribution in [0, 0.1) is 0 Å². The molecule has 156 valence electrons. The highest BCUT2D eigenvalue weighted by atomic mass is 35.5. The first-order valence-electron chi connectivity index (χ1n) is 9.21. The van der Waals surface area contributed by atoms with E-state index in [1.165, 1.54) is 5.56 Å². The minimum atomic E-state index is -0.415. The van der Waals surface area contributed by atoms with Crippen molar-refractivity contribution >= 4 is 28.7 Å². The third-order valence-corrected chi connectivity index (χ3v) is 5.31. The third kappa shape index (κ3) is 5.47. The molecule has 0 aliphatic heterocycles. The number of carbonyl (C=O) groups excluding carboxylic acids is 1. The van der Waals surface area contributed by atoms with Gasteiger partial charge in [-0.25, -0.2) is 4.79 Å². The molecule has 5 nitrogen and oxygen atoms in total. The molecular formula is C22H25ClNO4S-. The van der Waals surface area contributed by atoms with Crippen LogP contribution in [0.2, 0.25) is 0 Å². The van der Waals surface area contributed by atoms with E-state index in [4.69, 9.17) is 9.15 Å². The van der Waals surface area contributed by atoms with E-state index in [1.54, 1.807) is 30.8 Å². The topological polar surface area (TPSA) is 62.9 Å². The van der Waals surface area contributed by atoms with Crippen molar-refractivity contribution in [3.63, 3.8) is 0 Å². The lowest BCUT2D eigenvalue weighted by Gasteiger charge is -2.13. The van der Waals surface area contributed by atoms with Crippen molar-refractivity contribution in [1.29, 1.82) is 0 Å². The van der Waals surface area contributed by atoms with Gasteiger partial charge in [0.05, 0.1) is 12.4 Å². The number of benzene rings is 2. The Morgan fingerprint density at radius 3 is 2.52 bits per heavy atom. The second-order valence-corrected chi connectivity index (χ2v) is 7.76.